The maximum atomic E-state index is 13.4. The van der Waals surface area contributed by atoms with Crippen molar-refractivity contribution in [2.24, 2.45) is 0 Å². The molecule has 0 saturated carbocycles. The Morgan fingerprint density at radius 2 is 1.93 bits per heavy atom. The van der Waals surface area contributed by atoms with Gasteiger partial charge in [0.2, 0.25) is 0 Å². The fourth-order valence-corrected chi connectivity index (χ4v) is 3.58. The molecule has 1 heterocycles. The molecule has 0 unspecified atom stereocenters. The predicted molar refractivity (Wildman–Crippen MR) is 99.2 cm³/mol. The van der Waals surface area contributed by atoms with Crippen molar-refractivity contribution in [2.45, 2.75) is 32.5 Å². The molecule has 7 heteroatoms. The standard InChI is InChI=1S/C21H22F3NO3/c1-3-28-20(26)11-13-4-7-19(27-2)16(10-13)14-5-6-18(21(22,23)24)15-8-9-25-12-17(14)15/h4-7,10,25H,3,8-9,11-12H2,1-2H3. The lowest BCUT2D eigenvalue weighted by molar-refractivity contribution is -0.142. The van der Waals surface area contributed by atoms with Gasteiger partial charge in [-0.3, -0.25) is 4.79 Å². The molecule has 3 rings (SSSR count). The summed E-state index contributed by atoms with van der Waals surface area (Å²) in [5.74, 6) is 0.190. The summed E-state index contributed by atoms with van der Waals surface area (Å²) in [5.41, 5.74) is 2.41. The van der Waals surface area contributed by atoms with Gasteiger partial charge in [0.1, 0.15) is 5.75 Å². The Bertz CT molecular complexity index is 878. The third kappa shape index (κ3) is 4.14. The number of carbonyl (C=O) groups is 1. The lowest BCUT2D eigenvalue weighted by atomic mass is 9.87. The zero-order chi connectivity index (χ0) is 20.3. The first kappa shape index (κ1) is 20.2. The molecule has 0 radical (unpaired) electrons. The summed E-state index contributed by atoms with van der Waals surface area (Å²) in [5, 5.41) is 3.15. The first-order chi connectivity index (χ1) is 13.3. The second kappa shape index (κ2) is 8.22. The maximum absolute atomic E-state index is 13.4. The van der Waals surface area contributed by atoms with E-state index in [1.807, 2.05) is 0 Å². The highest BCUT2D eigenvalue weighted by molar-refractivity contribution is 5.78. The number of ether oxygens (including phenoxy) is 2. The number of alkyl halides is 3. The fraction of sp³-hybridized carbons (Fsp3) is 0.381. The summed E-state index contributed by atoms with van der Waals surface area (Å²) in [6.07, 6.45) is -4.00. The Morgan fingerprint density at radius 1 is 1.14 bits per heavy atom. The Balaban J connectivity index is 2.11. The summed E-state index contributed by atoms with van der Waals surface area (Å²) in [4.78, 5) is 11.8. The van der Waals surface area contributed by atoms with E-state index in [2.05, 4.69) is 5.32 Å². The van der Waals surface area contributed by atoms with Crippen LogP contribution in [0.5, 0.6) is 5.75 Å². The average molecular weight is 393 g/mol. The van der Waals surface area contributed by atoms with Crippen LogP contribution in [-0.4, -0.2) is 26.2 Å². The van der Waals surface area contributed by atoms with Crippen LogP contribution in [0.4, 0.5) is 13.2 Å². The summed E-state index contributed by atoms with van der Waals surface area (Å²) < 4.78 is 50.7. The minimum atomic E-state index is -4.39. The number of esters is 1. The van der Waals surface area contributed by atoms with Crippen molar-refractivity contribution in [1.29, 1.82) is 0 Å². The van der Waals surface area contributed by atoms with E-state index in [9.17, 15) is 18.0 Å². The lowest BCUT2D eigenvalue weighted by Crippen LogP contribution is -2.27. The maximum Gasteiger partial charge on any atom is 0.416 e. The highest BCUT2D eigenvalue weighted by atomic mass is 19.4. The van der Waals surface area contributed by atoms with Gasteiger partial charge in [0, 0.05) is 12.1 Å². The van der Waals surface area contributed by atoms with E-state index in [1.165, 1.54) is 13.2 Å². The molecule has 2 aromatic rings. The van der Waals surface area contributed by atoms with Crippen molar-refractivity contribution in [2.75, 3.05) is 20.3 Å². The molecular weight excluding hydrogens is 371 g/mol. The van der Waals surface area contributed by atoms with E-state index in [4.69, 9.17) is 9.47 Å². The second-order valence-electron chi connectivity index (χ2n) is 6.56. The van der Waals surface area contributed by atoms with Crippen molar-refractivity contribution in [3.8, 4) is 16.9 Å². The van der Waals surface area contributed by atoms with Gasteiger partial charge in [0.25, 0.3) is 0 Å². The van der Waals surface area contributed by atoms with E-state index in [0.717, 1.165) is 6.07 Å². The molecule has 150 valence electrons. The fourth-order valence-electron chi connectivity index (χ4n) is 3.58. The van der Waals surface area contributed by atoms with Crippen molar-refractivity contribution in [1.82, 2.24) is 5.32 Å². The van der Waals surface area contributed by atoms with Gasteiger partial charge in [0.05, 0.1) is 25.7 Å². The molecule has 1 aliphatic rings. The molecule has 0 fully saturated rings. The first-order valence-corrected chi connectivity index (χ1v) is 9.10. The van der Waals surface area contributed by atoms with Gasteiger partial charge in [0.15, 0.2) is 0 Å². The molecule has 0 aliphatic carbocycles. The van der Waals surface area contributed by atoms with E-state index in [0.29, 0.717) is 59.7 Å². The summed E-state index contributed by atoms with van der Waals surface area (Å²) in [6.45, 7) is 2.87. The number of hydrogen-bond donors (Lipinski definition) is 1. The van der Waals surface area contributed by atoms with Crippen LogP contribution in [0, 0.1) is 0 Å². The van der Waals surface area contributed by atoms with Crippen LogP contribution in [-0.2, 0) is 35.1 Å². The number of methoxy groups -OCH3 is 1. The van der Waals surface area contributed by atoms with E-state index < -0.39 is 11.7 Å². The number of benzene rings is 2. The average Bonchev–Trinajstić information content (AvgIpc) is 2.66. The van der Waals surface area contributed by atoms with Crippen LogP contribution in [0.2, 0.25) is 0 Å². The van der Waals surface area contributed by atoms with Gasteiger partial charge < -0.3 is 14.8 Å². The van der Waals surface area contributed by atoms with Crippen LogP contribution in [0.3, 0.4) is 0 Å². The minimum absolute atomic E-state index is 0.0892. The summed E-state index contributed by atoms with van der Waals surface area (Å²) in [7, 11) is 1.51. The molecular formula is C21H22F3NO3. The Hall–Kier alpha value is -2.54. The molecule has 0 atom stereocenters. The van der Waals surface area contributed by atoms with Gasteiger partial charge in [-0.1, -0.05) is 12.1 Å². The van der Waals surface area contributed by atoms with Crippen molar-refractivity contribution >= 4 is 5.97 Å². The second-order valence-corrected chi connectivity index (χ2v) is 6.56. The number of rotatable bonds is 5. The molecule has 4 nitrogen and oxygen atoms in total. The van der Waals surface area contributed by atoms with Crippen molar-refractivity contribution in [3.63, 3.8) is 0 Å². The van der Waals surface area contributed by atoms with Crippen LogP contribution in [0.25, 0.3) is 11.1 Å². The molecule has 0 saturated heterocycles. The Kier molecular flexibility index (Phi) is 5.93. The molecule has 0 bridgehead atoms. The smallest absolute Gasteiger partial charge is 0.416 e. The van der Waals surface area contributed by atoms with Crippen LogP contribution >= 0.6 is 0 Å². The van der Waals surface area contributed by atoms with Crippen LogP contribution < -0.4 is 10.1 Å². The number of hydrogen-bond acceptors (Lipinski definition) is 4. The molecule has 28 heavy (non-hydrogen) atoms. The van der Waals surface area contributed by atoms with Crippen molar-refractivity contribution in [3.05, 3.63) is 52.6 Å². The Morgan fingerprint density at radius 3 is 2.61 bits per heavy atom. The molecule has 0 spiro atoms. The topological polar surface area (TPSA) is 47.6 Å². The quantitative estimate of drug-likeness (QED) is 0.776. The van der Waals surface area contributed by atoms with E-state index in [1.54, 1.807) is 25.1 Å². The third-order valence-electron chi connectivity index (χ3n) is 4.80. The molecule has 0 amide bonds. The van der Waals surface area contributed by atoms with Gasteiger partial charge in [-0.15, -0.1) is 0 Å². The number of carbonyl (C=O) groups excluding carboxylic acids is 1. The van der Waals surface area contributed by atoms with Gasteiger partial charge in [-0.2, -0.15) is 13.2 Å². The van der Waals surface area contributed by atoms with Gasteiger partial charge in [-0.25, -0.2) is 0 Å². The van der Waals surface area contributed by atoms with Crippen LogP contribution in [0.15, 0.2) is 30.3 Å². The predicted octanol–water partition coefficient (Wildman–Crippen LogP) is 4.13. The summed E-state index contributed by atoms with van der Waals surface area (Å²) in [6, 6.07) is 7.89. The largest absolute Gasteiger partial charge is 0.496 e. The highest BCUT2D eigenvalue weighted by Crippen LogP contribution is 2.41. The lowest BCUT2D eigenvalue weighted by Gasteiger charge is -2.25. The molecule has 0 aromatic heterocycles. The normalized spacial score (nSPS) is 13.8. The van der Waals surface area contributed by atoms with Gasteiger partial charge in [-0.05, 0) is 60.3 Å². The Labute approximate surface area is 161 Å². The monoisotopic (exact) mass is 393 g/mol. The molecule has 1 N–H and O–H groups in total. The zero-order valence-corrected chi connectivity index (χ0v) is 15.8. The summed E-state index contributed by atoms with van der Waals surface area (Å²) >= 11 is 0. The number of halogens is 3. The first-order valence-electron chi connectivity index (χ1n) is 9.10. The van der Waals surface area contributed by atoms with E-state index in [-0.39, 0.29) is 12.4 Å². The zero-order valence-electron chi connectivity index (χ0n) is 15.8. The van der Waals surface area contributed by atoms with Crippen molar-refractivity contribution < 1.29 is 27.4 Å². The number of nitrogens with one attached hydrogen (secondary N) is 1. The molecule has 1 aliphatic heterocycles. The SMILES string of the molecule is CCOC(=O)Cc1ccc(OC)c(-c2ccc(C(F)(F)F)c3c2CNCC3)c1. The molecule has 2 aromatic carbocycles. The third-order valence-corrected chi connectivity index (χ3v) is 4.80. The van der Waals surface area contributed by atoms with Gasteiger partial charge >= 0.3 is 12.1 Å². The highest BCUT2D eigenvalue weighted by Gasteiger charge is 2.35. The minimum Gasteiger partial charge on any atom is -0.496 e. The van der Waals surface area contributed by atoms with Crippen LogP contribution in [0.1, 0.15) is 29.2 Å². The number of fused-ring (bicyclic) bond motifs is 1. The van der Waals surface area contributed by atoms with E-state index >= 15 is 0 Å².